The summed E-state index contributed by atoms with van der Waals surface area (Å²) in [6.07, 6.45) is 3.51. The third-order valence-electron chi connectivity index (χ3n) is 3.16. The minimum atomic E-state index is -0.237. The van der Waals surface area contributed by atoms with Crippen molar-refractivity contribution in [1.29, 1.82) is 0 Å². The van der Waals surface area contributed by atoms with Gasteiger partial charge in [-0.1, -0.05) is 18.5 Å². The van der Waals surface area contributed by atoms with Crippen LogP contribution >= 0.6 is 11.6 Å². The van der Waals surface area contributed by atoms with Crippen LogP contribution in [-0.2, 0) is 13.5 Å². The molecule has 0 spiro atoms. The van der Waals surface area contributed by atoms with Gasteiger partial charge in [0.25, 0.3) is 0 Å². The van der Waals surface area contributed by atoms with Gasteiger partial charge >= 0.3 is 0 Å². The summed E-state index contributed by atoms with van der Waals surface area (Å²) in [5, 5.41) is 8.27. The van der Waals surface area contributed by atoms with Gasteiger partial charge in [0.15, 0.2) is 0 Å². The molecule has 1 aromatic carbocycles. The van der Waals surface area contributed by atoms with Crippen molar-refractivity contribution in [2.24, 2.45) is 7.05 Å². The summed E-state index contributed by atoms with van der Waals surface area (Å²) in [4.78, 5) is 0. The van der Waals surface area contributed by atoms with E-state index < -0.39 is 0 Å². The van der Waals surface area contributed by atoms with Gasteiger partial charge < -0.3 is 5.32 Å². The fourth-order valence-electron chi connectivity index (χ4n) is 2.17. The Bertz CT molecular complexity index is 568. The molecule has 0 fully saturated rings. The molecule has 0 saturated heterocycles. The molecule has 0 aliphatic rings. The first kappa shape index (κ1) is 15.0. The van der Waals surface area contributed by atoms with E-state index in [1.807, 2.05) is 19.3 Å². The normalized spacial score (nSPS) is 12.6. The summed E-state index contributed by atoms with van der Waals surface area (Å²) < 4.78 is 15.8. The molecule has 0 bridgehead atoms. The molecular formula is C15H19ClFN3. The fraction of sp³-hybridized carbons (Fsp3) is 0.400. The first-order chi connectivity index (χ1) is 9.60. The van der Waals surface area contributed by atoms with E-state index in [-0.39, 0.29) is 11.9 Å². The van der Waals surface area contributed by atoms with Crippen molar-refractivity contribution in [1.82, 2.24) is 15.1 Å². The van der Waals surface area contributed by atoms with E-state index in [2.05, 4.69) is 17.3 Å². The Balaban J connectivity index is 2.24. The van der Waals surface area contributed by atoms with Gasteiger partial charge in [-0.05, 0) is 37.2 Å². The zero-order chi connectivity index (χ0) is 14.5. The maximum absolute atomic E-state index is 14.0. The number of hydrogen-bond donors (Lipinski definition) is 1. The highest BCUT2D eigenvalue weighted by Gasteiger charge is 2.17. The summed E-state index contributed by atoms with van der Waals surface area (Å²) in [6.45, 7) is 2.91. The summed E-state index contributed by atoms with van der Waals surface area (Å²) >= 11 is 5.99. The Morgan fingerprint density at radius 1 is 1.40 bits per heavy atom. The average Bonchev–Trinajstić information content (AvgIpc) is 2.83. The average molecular weight is 296 g/mol. The number of aryl methyl sites for hydroxylation is 1. The van der Waals surface area contributed by atoms with Crippen LogP contribution in [0.2, 0.25) is 5.02 Å². The lowest BCUT2D eigenvalue weighted by Gasteiger charge is -2.19. The van der Waals surface area contributed by atoms with E-state index in [1.165, 1.54) is 6.07 Å². The number of nitrogens with one attached hydrogen (secondary N) is 1. The van der Waals surface area contributed by atoms with Crippen molar-refractivity contribution in [2.75, 3.05) is 6.54 Å². The number of halogens is 2. The lowest BCUT2D eigenvalue weighted by Crippen LogP contribution is -2.25. The highest BCUT2D eigenvalue weighted by Crippen LogP contribution is 2.24. The summed E-state index contributed by atoms with van der Waals surface area (Å²) in [6, 6.07) is 6.49. The molecule has 0 radical (unpaired) electrons. The Morgan fingerprint density at radius 2 is 2.20 bits per heavy atom. The van der Waals surface area contributed by atoms with E-state index in [4.69, 9.17) is 11.6 Å². The first-order valence-corrected chi connectivity index (χ1v) is 7.14. The number of rotatable bonds is 6. The Hall–Kier alpha value is -1.39. The van der Waals surface area contributed by atoms with E-state index in [0.717, 1.165) is 18.7 Å². The van der Waals surface area contributed by atoms with Crippen LogP contribution in [0.1, 0.15) is 30.6 Å². The van der Waals surface area contributed by atoms with Crippen molar-refractivity contribution in [3.63, 3.8) is 0 Å². The Labute approximate surface area is 123 Å². The topological polar surface area (TPSA) is 29.9 Å². The maximum Gasteiger partial charge on any atom is 0.128 e. The lowest BCUT2D eigenvalue weighted by molar-refractivity contribution is 0.491. The van der Waals surface area contributed by atoms with E-state index in [0.29, 0.717) is 17.0 Å². The SMILES string of the molecule is CCCNC(Cc1ccn(C)n1)c1cc(Cl)ccc1F. The zero-order valence-corrected chi connectivity index (χ0v) is 12.5. The van der Waals surface area contributed by atoms with E-state index >= 15 is 0 Å². The van der Waals surface area contributed by atoms with Crippen molar-refractivity contribution >= 4 is 11.6 Å². The van der Waals surface area contributed by atoms with Crippen LogP contribution in [0.4, 0.5) is 4.39 Å². The van der Waals surface area contributed by atoms with Gasteiger partial charge in [0.1, 0.15) is 5.82 Å². The molecule has 1 heterocycles. The van der Waals surface area contributed by atoms with Crippen molar-refractivity contribution in [3.8, 4) is 0 Å². The van der Waals surface area contributed by atoms with Crippen LogP contribution in [0.15, 0.2) is 30.5 Å². The van der Waals surface area contributed by atoms with Crippen LogP contribution in [0.25, 0.3) is 0 Å². The van der Waals surface area contributed by atoms with E-state index in [9.17, 15) is 4.39 Å². The molecule has 20 heavy (non-hydrogen) atoms. The molecule has 0 amide bonds. The molecule has 0 saturated carbocycles. The second-order valence-corrected chi connectivity index (χ2v) is 5.29. The molecule has 5 heteroatoms. The Morgan fingerprint density at radius 3 is 2.85 bits per heavy atom. The van der Waals surface area contributed by atoms with Crippen LogP contribution in [0.5, 0.6) is 0 Å². The quantitative estimate of drug-likeness (QED) is 0.884. The third kappa shape index (κ3) is 3.81. The fourth-order valence-corrected chi connectivity index (χ4v) is 2.35. The molecule has 1 aromatic heterocycles. The van der Waals surface area contributed by atoms with Crippen LogP contribution in [0, 0.1) is 5.82 Å². The van der Waals surface area contributed by atoms with Gasteiger partial charge in [-0.3, -0.25) is 4.68 Å². The molecule has 1 N–H and O–H groups in total. The lowest BCUT2D eigenvalue weighted by atomic mass is 10.0. The monoisotopic (exact) mass is 295 g/mol. The van der Waals surface area contributed by atoms with Gasteiger partial charge in [-0.25, -0.2) is 4.39 Å². The molecule has 2 aromatic rings. The molecule has 0 aliphatic heterocycles. The molecule has 1 unspecified atom stereocenters. The standard InChI is InChI=1S/C15H19ClFN3/c1-3-7-18-15(10-12-6-8-20(2)19-12)13-9-11(16)4-5-14(13)17/h4-6,8-9,15,18H,3,7,10H2,1-2H3. The maximum atomic E-state index is 14.0. The largest absolute Gasteiger partial charge is 0.310 e. The second-order valence-electron chi connectivity index (χ2n) is 4.86. The van der Waals surface area contributed by atoms with Crippen molar-refractivity contribution in [2.45, 2.75) is 25.8 Å². The first-order valence-electron chi connectivity index (χ1n) is 6.77. The molecule has 2 rings (SSSR count). The van der Waals surface area contributed by atoms with Gasteiger partial charge in [0, 0.05) is 36.3 Å². The smallest absolute Gasteiger partial charge is 0.128 e. The van der Waals surface area contributed by atoms with E-state index in [1.54, 1.807) is 16.8 Å². The van der Waals surface area contributed by atoms with Crippen LogP contribution in [0.3, 0.4) is 0 Å². The number of hydrogen-bond acceptors (Lipinski definition) is 2. The summed E-state index contributed by atoms with van der Waals surface area (Å²) in [5.41, 5.74) is 1.53. The molecule has 1 atom stereocenters. The predicted molar refractivity (Wildman–Crippen MR) is 79.4 cm³/mol. The minimum Gasteiger partial charge on any atom is -0.310 e. The summed E-state index contributed by atoms with van der Waals surface area (Å²) in [7, 11) is 1.87. The highest BCUT2D eigenvalue weighted by atomic mass is 35.5. The number of nitrogens with zero attached hydrogens (tertiary/aromatic N) is 2. The van der Waals surface area contributed by atoms with Gasteiger partial charge in [-0.2, -0.15) is 5.10 Å². The van der Waals surface area contributed by atoms with Crippen LogP contribution in [-0.4, -0.2) is 16.3 Å². The van der Waals surface area contributed by atoms with Gasteiger partial charge in [0.2, 0.25) is 0 Å². The summed E-state index contributed by atoms with van der Waals surface area (Å²) in [5.74, 6) is -0.237. The third-order valence-corrected chi connectivity index (χ3v) is 3.39. The zero-order valence-electron chi connectivity index (χ0n) is 11.7. The molecule has 108 valence electrons. The van der Waals surface area contributed by atoms with Gasteiger partial charge in [0.05, 0.1) is 5.69 Å². The molecular weight excluding hydrogens is 277 g/mol. The van der Waals surface area contributed by atoms with Crippen molar-refractivity contribution < 1.29 is 4.39 Å². The molecule has 3 nitrogen and oxygen atoms in total. The van der Waals surface area contributed by atoms with Gasteiger partial charge in [-0.15, -0.1) is 0 Å². The second kappa shape index (κ2) is 6.86. The van der Waals surface area contributed by atoms with Crippen molar-refractivity contribution in [3.05, 3.63) is 52.6 Å². The van der Waals surface area contributed by atoms with Crippen LogP contribution < -0.4 is 5.32 Å². The number of benzene rings is 1. The minimum absolute atomic E-state index is 0.122. The number of aromatic nitrogens is 2. The Kier molecular flexibility index (Phi) is 5.15. The predicted octanol–water partition coefficient (Wildman–Crippen LogP) is 3.50. The highest BCUT2D eigenvalue weighted by molar-refractivity contribution is 6.30. The molecule has 0 aliphatic carbocycles.